The van der Waals surface area contributed by atoms with Crippen LogP contribution in [-0.2, 0) is 0 Å². The minimum atomic E-state index is 0.793. The highest BCUT2D eigenvalue weighted by Crippen LogP contribution is 2.15. The smallest absolute Gasteiger partial charge is 0.119 e. The van der Waals surface area contributed by atoms with Crippen LogP contribution in [0.3, 0.4) is 0 Å². The molecular formula is C11H18BrNO. The SMILES string of the molecule is CCCOc1ccc(Br)cc1.CNC. The van der Waals surface area contributed by atoms with Gasteiger partial charge in [-0.2, -0.15) is 0 Å². The van der Waals surface area contributed by atoms with E-state index >= 15 is 0 Å². The third kappa shape index (κ3) is 6.92. The van der Waals surface area contributed by atoms with Crippen molar-refractivity contribution in [2.75, 3.05) is 20.7 Å². The lowest BCUT2D eigenvalue weighted by Gasteiger charge is -2.02. The molecule has 1 aromatic carbocycles. The van der Waals surface area contributed by atoms with Crippen molar-refractivity contribution in [1.29, 1.82) is 0 Å². The lowest BCUT2D eigenvalue weighted by molar-refractivity contribution is 0.317. The van der Waals surface area contributed by atoms with Crippen molar-refractivity contribution < 1.29 is 4.74 Å². The second-order valence-corrected chi connectivity index (χ2v) is 3.72. The Hall–Kier alpha value is -0.540. The van der Waals surface area contributed by atoms with E-state index in [1.165, 1.54) is 0 Å². The highest BCUT2D eigenvalue weighted by molar-refractivity contribution is 9.10. The van der Waals surface area contributed by atoms with Gasteiger partial charge >= 0.3 is 0 Å². The number of rotatable bonds is 3. The standard InChI is InChI=1S/C9H11BrO.C2H7N/c1-2-7-11-9-5-3-8(10)4-6-9;1-3-2/h3-6H,2,7H2,1H3;3H,1-2H3. The third-order valence-corrected chi connectivity index (χ3v) is 1.82. The Bertz CT molecular complexity index is 223. The Labute approximate surface area is 94.8 Å². The van der Waals surface area contributed by atoms with Gasteiger partial charge in [-0.15, -0.1) is 0 Å². The van der Waals surface area contributed by atoms with Gasteiger partial charge in [0, 0.05) is 4.47 Å². The second kappa shape index (κ2) is 9.03. The molecule has 1 aromatic rings. The molecule has 0 radical (unpaired) electrons. The van der Waals surface area contributed by atoms with Crippen LogP contribution < -0.4 is 10.1 Å². The molecule has 0 saturated carbocycles. The Morgan fingerprint density at radius 2 is 1.71 bits per heavy atom. The minimum Gasteiger partial charge on any atom is -0.494 e. The summed E-state index contributed by atoms with van der Waals surface area (Å²) in [5.74, 6) is 0.940. The molecule has 0 aliphatic heterocycles. The van der Waals surface area contributed by atoms with Gasteiger partial charge in [-0.25, -0.2) is 0 Å². The van der Waals surface area contributed by atoms with Gasteiger partial charge in [0.15, 0.2) is 0 Å². The van der Waals surface area contributed by atoms with Crippen LogP contribution in [0.25, 0.3) is 0 Å². The number of benzene rings is 1. The van der Waals surface area contributed by atoms with Gasteiger partial charge < -0.3 is 10.1 Å². The quantitative estimate of drug-likeness (QED) is 0.901. The molecule has 2 nitrogen and oxygen atoms in total. The fourth-order valence-corrected chi connectivity index (χ4v) is 1.02. The van der Waals surface area contributed by atoms with Gasteiger partial charge in [-0.1, -0.05) is 22.9 Å². The molecular weight excluding hydrogens is 242 g/mol. The number of hydrogen-bond donors (Lipinski definition) is 1. The van der Waals surface area contributed by atoms with Gasteiger partial charge in [0.05, 0.1) is 6.61 Å². The zero-order chi connectivity index (χ0) is 10.8. The fourth-order valence-electron chi connectivity index (χ4n) is 0.751. The molecule has 0 spiro atoms. The Balaban J connectivity index is 0.000000500. The maximum absolute atomic E-state index is 5.39. The predicted molar refractivity (Wildman–Crippen MR) is 64.9 cm³/mol. The van der Waals surface area contributed by atoms with Crippen molar-refractivity contribution >= 4 is 15.9 Å². The molecule has 0 bridgehead atoms. The van der Waals surface area contributed by atoms with E-state index in [-0.39, 0.29) is 0 Å². The van der Waals surface area contributed by atoms with Crippen LogP contribution >= 0.6 is 15.9 Å². The summed E-state index contributed by atoms with van der Waals surface area (Å²) in [4.78, 5) is 0. The van der Waals surface area contributed by atoms with Crippen LogP contribution in [0.15, 0.2) is 28.7 Å². The second-order valence-electron chi connectivity index (χ2n) is 2.80. The molecule has 80 valence electrons. The van der Waals surface area contributed by atoms with Crippen molar-refractivity contribution in [1.82, 2.24) is 5.32 Å². The number of ether oxygens (including phenoxy) is 1. The molecule has 0 fully saturated rings. The number of hydrogen-bond acceptors (Lipinski definition) is 2. The topological polar surface area (TPSA) is 21.3 Å². The van der Waals surface area contributed by atoms with E-state index in [0.29, 0.717) is 0 Å². The highest BCUT2D eigenvalue weighted by atomic mass is 79.9. The van der Waals surface area contributed by atoms with Gasteiger partial charge in [-0.3, -0.25) is 0 Å². The molecule has 0 amide bonds. The summed E-state index contributed by atoms with van der Waals surface area (Å²) < 4.78 is 6.47. The van der Waals surface area contributed by atoms with E-state index in [9.17, 15) is 0 Å². The van der Waals surface area contributed by atoms with Gasteiger partial charge in [0.1, 0.15) is 5.75 Å². The maximum atomic E-state index is 5.39. The normalized spacial score (nSPS) is 8.86. The highest BCUT2D eigenvalue weighted by Gasteiger charge is 1.90. The first-order valence-electron chi connectivity index (χ1n) is 4.71. The molecule has 0 saturated heterocycles. The first-order chi connectivity index (χ1) is 6.74. The third-order valence-electron chi connectivity index (χ3n) is 1.29. The predicted octanol–water partition coefficient (Wildman–Crippen LogP) is 3.07. The summed E-state index contributed by atoms with van der Waals surface area (Å²) in [5, 5.41) is 2.75. The molecule has 0 atom stereocenters. The average Bonchev–Trinajstić information content (AvgIpc) is 2.18. The van der Waals surface area contributed by atoms with Crippen molar-refractivity contribution in [3.8, 4) is 5.75 Å². The molecule has 0 aromatic heterocycles. The van der Waals surface area contributed by atoms with E-state index in [0.717, 1.165) is 23.2 Å². The number of nitrogens with one attached hydrogen (secondary N) is 1. The monoisotopic (exact) mass is 259 g/mol. The first kappa shape index (κ1) is 13.5. The Kier molecular flexibility index (Phi) is 8.68. The van der Waals surface area contributed by atoms with E-state index in [1.807, 2.05) is 38.4 Å². The van der Waals surface area contributed by atoms with E-state index in [2.05, 4.69) is 28.2 Å². The van der Waals surface area contributed by atoms with Crippen LogP contribution in [0.5, 0.6) is 5.75 Å². The first-order valence-corrected chi connectivity index (χ1v) is 5.50. The maximum Gasteiger partial charge on any atom is 0.119 e. The summed E-state index contributed by atoms with van der Waals surface area (Å²) in [6, 6.07) is 7.87. The lowest BCUT2D eigenvalue weighted by Crippen LogP contribution is -1.93. The Morgan fingerprint density at radius 1 is 1.21 bits per heavy atom. The summed E-state index contributed by atoms with van der Waals surface area (Å²) in [6.07, 6.45) is 1.05. The minimum absolute atomic E-state index is 0.793. The van der Waals surface area contributed by atoms with E-state index in [4.69, 9.17) is 4.74 Å². The molecule has 1 rings (SSSR count). The molecule has 14 heavy (non-hydrogen) atoms. The van der Waals surface area contributed by atoms with Crippen LogP contribution in [0.4, 0.5) is 0 Å². The summed E-state index contributed by atoms with van der Waals surface area (Å²) in [6.45, 7) is 2.89. The molecule has 1 N–H and O–H groups in total. The zero-order valence-corrected chi connectivity index (χ0v) is 10.6. The van der Waals surface area contributed by atoms with Gasteiger partial charge in [-0.05, 0) is 44.8 Å². The van der Waals surface area contributed by atoms with Crippen molar-refractivity contribution in [2.24, 2.45) is 0 Å². The van der Waals surface area contributed by atoms with Crippen molar-refractivity contribution in [3.05, 3.63) is 28.7 Å². The van der Waals surface area contributed by atoms with E-state index < -0.39 is 0 Å². The molecule has 0 aliphatic rings. The van der Waals surface area contributed by atoms with Crippen LogP contribution in [-0.4, -0.2) is 20.7 Å². The zero-order valence-electron chi connectivity index (χ0n) is 9.01. The molecule has 3 heteroatoms. The van der Waals surface area contributed by atoms with Crippen molar-refractivity contribution in [3.63, 3.8) is 0 Å². The molecule has 0 unspecified atom stereocenters. The summed E-state index contributed by atoms with van der Waals surface area (Å²) in [7, 11) is 3.75. The van der Waals surface area contributed by atoms with Crippen molar-refractivity contribution in [2.45, 2.75) is 13.3 Å². The average molecular weight is 260 g/mol. The molecule has 0 aliphatic carbocycles. The number of halogens is 1. The van der Waals surface area contributed by atoms with Crippen LogP contribution in [0.1, 0.15) is 13.3 Å². The lowest BCUT2D eigenvalue weighted by atomic mass is 10.3. The van der Waals surface area contributed by atoms with E-state index in [1.54, 1.807) is 0 Å². The van der Waals surface area contributed by atoms with Crippen LogP contribution in [0.2, 0.25) is 0 Å². The summed E-state index contributed by atoms with van der Waals surface area (Å²) >= 11 is 3.36. The largest absolute Gasteiger partial charge is 0.494 e. The molecule has 0 heterocycles. The van der Waals surface area contributed by atoms with Gasteiger partial charge in [0.25, 0.3) is 0 Å². The Morgan fingerprint density at radius 3 is 2.14 bits per heavy atom. The van der Waals surface area contributed by atoms with Gasteiger partial charge in [0.2, 0.25) is 0 Å². The van der Waals surface area contributed by atoms with Crippen LogP contribution in [0, 0.1) is 0 Å². The fraction of sp³-hybridized carbons (Fsp3) is 0.455. The summed E-state index contributed by atoms with van der Waals surface area (Å²) in [5.41, 5.74) is 0.